The summed E-state index contributed by atoms with van der Waals surface area (Å²) in [5, 5.41) is 2.59. The van der Waals surface area contributed by atoms with E-state index in [4.69, 9.17) is 4.74 Å². The number of hydrogen-bond donors (Lipinski definition) is 1. The Labute approximate surface area is 159 Å². The largest absolute Gasteiger partial charge is 0.481 e. The maximum absolute atomic E-state index is 12.8. The maximum atomic E-state index is 12.8. The summed E-state index contributed by atoms with van der Waals surface area (Å²) in [5.41, 5.74) is 0.987. The van der Waals surface area contributed by atoms with Crippen molar-refractivity contribution in [2.75, 3.05) is 7.11 Å². The van der Waals surface area contributed by atoms with E-state index in [-0.39, 0.29) is 12.2 Å². The number of nitrogens with one attached hydrogen (secondary N) is 1. The van der Waals surface area contributed by atoms with Gasteiger partial charge < -0.3 is 10.1 Å². The molecule has 0 unspecified atom stereocenters. The molecule has 1 aromatic carbocycles. The number of carbonyl (C=O) groups excluding carboxylic acids is 1. The van der Waals surface area contributed by atoms with Gasteiger partial charge in [0, 0.05) is 24.4 Å². The molecule has 0 aliphatic rings. The highest BCUT2D eigenvalue weighted by molar-refractivity contribution is 5.92. The zero-order valence-corrected chi connectivity index (χ0v) is 14.8. The van der Waals surface area contributed by atoms with Crippen molar-refractivity contribution in [1.29, 1.82) is 0 Å². The van der Waals surface area contributed by atoms with E-state index in [0.717, 1.165) is 12.1 Å². The summed E-state index contributed by atoms with van der Waals surface area (Å²) in [6.45, 7) is -0.0429. The first-order chi connectivity index (χ1) is 13.4. The molecule has 2 aromatic heterocycles. The fraction of sp³-hybridized carbons (Fsp3) is 0.150. The van der Waals surface area contributed by atoms with Crippen LogP contribution < -0.4 is 10.1 Å². The summed E-state index contributed by atoms with van der Waals surface area (Å²) in [5.74, 6) is -0.0283. The molecule has 1 amide bonds. The number of carbonyl (C=O) groups is 1. The number of methoxy groups -OCH3 is 1. The summed E-state index contributed by atoms with van der Waals surface area (Å²) in [7, 11) is 1.51. The van der Waals surface area contributed by atoms with E-state index in [9.17, 15) is 18.0 Å². The van der Waals surface area contributed by atoms with Gasteiger partial charge in [-0.25, -0.2) is 9.97 Å². The van der Waals surface area contributed by atoms with Gasteiger partial charge in [-0.2, -0.15) is 13.2 Å². The number of benzene rings is 1. The van der Waals surface area contributed by atoms with Gasteiger partial charge in [-0.3, -0.25) is 4.79 Å². The summed E-state index contributed by atoms with van der Waals surface area (Å²) in [4.78, 5) is 20.7. The van der Waals surface area contributed by atoms with Crippen molar-refractivity contribution in [1.82, 2.24) is 15.3 Å². The summed E-state index contributed by atoms with van der Waals surface area (Å²) >= 11 is 0. The first kappa shape index (κ1) is 19.3. The quantitative estimate of drug-likeness (QED) is 0.716. The van der Waals surface area contributed by atoms with Gasteiger partial charge in [-0.15, -0.1) is 0 Å². The molecule has 8 heteroatoms. The van der Waals surface area contributed by atoms with Crippen molar-refractivity contribution in [2.45, 2.75) is 12.7 Å². The van der Waals surface area contributed by atoms with Crippen LogP contribution >= 0.6 is 0 Å². The van der Waals surface area contributed by atoms with Crippen molar-refractivity contribution in [3.8, 4) is 17.1 Å². The van der Waals surface area contributed by atoms with Crippen molar-refractivity contribution in [2.24, 2.45) is 0 Å². The van der Waals surface area contributed by atoms with Crippen molar-refractivity contribution in [3.05, 3.63) is 77.6 Å². The third-order valence-corrected chi connectivity index (χ3v) is 3.93. The molecule has 0 atom stereocenters. The Hall–Kier alpha value is -3.42. The third kappa shape index (κ3) is 4.64. The Morgan fingerprint density at radius 2 is 1.89 bits per heavy atom. The first-order valence-corrected chi connectivity index (χ1v) is 8.28. The zero-order valence-electron chi connectivity index (χ0n) is 14.8. The minimum Gasteiger partial charge on any atom is -0.481 e. The molecule has 0 saturated heterocycles. The van der Waals surface area contributed by atoms with Crippen LogP contribution in [0.5, 0.6) is 5.88 Å². The molecule has 0 aliphatic carbocycles. The molecule has 144 valence electrons. The lowest BCUT2D eigenvalue weighted by Gasteiger charge is -2.10. The first-order valence-electron chi connectivity index (χ1n) is 8.28. The van der Waals surface area contributed by atoms with Crippen LogP contribution in [0.2, 0.25) is 0 Å². The van der Waals surface area contributed by atoms with Gasteiger partial charge in [0.2, 0.25) is 5.88 Å². The minimum absolute atomic E-state index is 0.0429. The van der Waals surface area contributed by atoms with Crippen LogP contribution in [0, 0.1) is 0 Å². The molecule has 5 nitrogen and oxygen atoms in total. The predicted octanol–water partition coefficient (Wildman–Crippen LogP) is 4.10. The number of rotatable bonds is 5. The highest BCUT2D eigenvalue weighted by Crippen LogP contribution is 2.29. The number of pyridine rings is 2. The normalized spacial score (nSPS) is 11.1. The molecular formula is C20H16F3N3O2. The average molecular weight is 387 g/mol. The SMILES string of the molecule is COc1ccc(-c2cccc(C(=O)NCc3cccc(C(F)(F)F)c3)n2)cn1. The summed E-state index contributed by atoms with van der Waals surface area (Å²) < 4.78 is 43.3. The Bertz CT molecular complexity index is 973. The molecule has 0 bridgehead atoms. The second-order valence-electron chi connectivity index (χ2n) is 5.88. The van der Waals surface area contributed by atoms with E-state index < -0.39 is 17.6 Å². The second-order valence-corrected chi connectivity index (χ2v) is 5.88. The Morgan fingerprint density at radius 3 is 2.57 bits per heavy atom. The molecule has 3 aromatic rings. The van der Waals surface area contributed by atoms with Crippen LogP contribution in [0.25, 0.3) is 11.3 Å². The third-order valence-electron chi connectivity index (χ3n) is 3.93. The highest BCUT2D eigenvalue weighted by atomic mass is 19.4. The van der Waals surface area contributed by atoms with Crippen molar-refractivity contribution >= 4 is 5.91 Å². The summed E-state index contributed by atoms with van der Waals surface area (Å²) in [6, 6.07) is 13.2. The zero-order chi connectivity index (χ0) is 20.1. The molecule has 1 N–H and O–H groups in total. The van der Waals surface area contributed by atoms with Crippen LogP contribution in [-0.4, -0.2) is 23.0 Å². The van der Waals surface area contributed by atoms with Gasteiger partial charge in [0.1, 0.15) is 5.69 Å². The molecule has 0 fully saturated rings. The molecule has 0 radical (unpaired) electrons. The Kier molecular flexibility index (Phi) is 5.58. The Morgan fingerprint density at radius 1 is 1.11 bits per heavy atom. The van der Waals surface area contributed by atoms with Crippen molar-refractivity contribution < 1.29 is 22.7 Å². The molecule has 0 spiro atoms. The van der Waals surface area contributed by atoms with E-state index in [2.05, 4.69) is 15.3 Å². The second kappa shape index (κ2) is 8.08. The monoisotopic (exact) mass is 387 g/mol. The van der Waals surface area contributed by atoms with Crippen LogP contribution in [0.1, 0.15) is 21.6 Å². The van der Waals surface area contributed by atoms with E-state index in [0.29, 0.717) is 22.7 Å². The fourth-order valence-electron chi connectivity index (χ4n) is 2.51. The van der Waals surface area contributed by atoms with Crippen molar-refractivity contribution in [3.63, 3.8) is 0 Å². The van der Waals surface area contributed by atoms with Crippen LogP contribution in [0.15, 0.2) is 60.8 Å². The standard InChI is InChI=1S/C20H16F3N3O2/c1-28-18-9-8-14(12-24-18)16-6-3-7-17(26-16)19(27)25-11-13-4-2-5-15(10-13)20(21,22)23/h2-10,12H,11H2,1H3,(H,25,27). The minimum atomic E-state index is -4.43. The van der Waals surface area contributed by atoms with Gasteiger partial charge in [0.05, 0.1) is 18.4 Å². The molecule has 0 saturated carbocycles. The number of aromatic nitrogens is 2. The van der Waals surface area contributed by atoms with E-state index in [1.54, 1.807) is 30.5 Å². The smallest absolute Gasteiger partial charge is 0.416 e. The van der Waals surface area contributed by atoms with Gasteiger partial charge in [-0.05, 0) is 35.9 Å². The van der Waals surface area contributed by atoms with Crippen LogP contribution in [-0.2, 0) is 12.7 Å². The highest BCUT2D eigenvalue weighted by Gasteiger charge is 2.30. The van der Waals surface area contributed by atoms with Gasteiger partial charge in [0.15, 0.2) is 0 Å². The van der Waals surface area contributed by atoms with Crippen LogP contribution in [0.3, 0.4) is 0 Å². The molecular weight excluding hydrogens is 371 g/mol. The number of alkyl halides is 3. The predicted molar refractivity (Wildman–Crippen MR) is 96.6 cm³/mol. The van der Waals surface area contributed by atoms with Crippen LogP contribution in [0.4, 0.5) is 13.2 Å². The number of ether oxygens (including phenoxy) is 1. The number of hydrogen-bond acceptors (Lipinski definition) is 4. The number of nitrogens with zero attached hydrogens (tertiary/aromatic N) is 2. The molecule has 2 heterocycles. The maximum Gasteiger partial charge on any atom is 0.416 e. The van der Waals surface area contributed by atoms with Gasteiger partial charge in [-0.1, -0.05) is 18.2 Å². The average Bonchev–Trinajstić information content (AvgIpc) is 2.72. The number of amides is 1. The lowest BCUT2D eigenvalue weighted by molar-refractivity contribution is -0.137. The summed E-state index contributed by atoms with van der Waals surface area (Å²) in [6.07, 6.45) is -2.85. The molecule has 3 rings (SSSR count). The molecule has 28 heavy (non-hydrogen) atoms. The lowest BCUT2D eigenvalue weighted by Crippen LogP contribution is -2.24. The molecule has 0 aliphatic heterocycles. The van der Waals surface area contributed by atoms with Gasteiger partial charge in [0.25, 0.3) is 5.91 Å². The number of halogens is 3. The van der Waals surface area contributed by atoms with E-state index in [1.165, 1.54) is 25.3 Å². The fourth-order valence-corrected chi connectivity index (χ4v) is 2.51. The topological polar surface area (TPSA) is 64.1 Å². The van der Waals surface area contributed by atoms with E-state index >= 15 is 0 Å². The Balaban J connectivity index is 1.71. The van der Waals surface area contributed by atoms with Gasteiger partial charge >= 0.3 is 6.18 Å². The lowest BCUT2D eigenvalue weighted by atomic mass is 10.1. The van der Waals surface area contributed by atoms with E-state index in [1.807, 2.05) is 0 Å².